The van der Waals surface area contributed by atoms with Crippen LogP contribution in [0.15, 0.2) is 0 Å². The molecule has 2 aromatic rings. The second-order valence-corrected chi connectivity index (χ2v) is 4.27. The molecule has 0 radical (unpaired) electrons. The summed E-state index contributed by atoms with van der Waals surface area (Å²) in [4.78, 5) is 19.6. The number of imidazole rings is 1. The Morgan fingerprint density at radius 3 is 2.28 bits per heavy atom. The van der Waals surface area contributed by atoms with Gasteiger partial charge in [-0.15, -0.1) is 0 Å². The zero-order valence-electron chi connectivity index (χ0n) is 10.7. The lowest BCUT2D eigenvalue weighted by Crippen LogP contribution is -2.06. The van der Waals surface area contributed by atoms with E-state index in [4.69, 9.17) is 11.5 Å². The van der Waals surface area contributed by atoms with Crippen LogP contribution < -0.4 is 11.5 Å². The number of H-pyrrole nitrogens is 1. The number of nitrogens with two attached hydrogens (primary N) is 2. The van der Waals surface area contributed by atoms with Crippen molar-refractivity contribution in [2.75, 3.05) is 11.5 Å². The van der Waals surface area contributed by atoms with E-state index in [-0.39, 0.29) is 11.9 Å². The molecular formula is C11H17N7. The lowest BCUT2D eigenvalue weighted by atomic mass is 10.0. The summed E-state index contributed by atoms with van der Waals surface area (Å²) < 4.78 is 0. The van der Waals surface area contributed by atoms with Crippen LogP contribution in [0.1, 0.15) is 37.7 Å². The molecule has 96 valence electrons. The van der Waals surface area contributed by atoms with Crippen molar-refractivity contribution in [3.05, 3.63) is 11.5 Å². The first-order valence-electron chi connectivity index (χ1n) is 5.85. The number of anilines is 2. The van der Waals surface area contributed by atoms with Crippen LogP contribution in [0.25, 0.3) is 11.5 Å². The van der Waals surface area contributed by atoms with Gasteiger partial charge in [0.05, 0.1) is 0 Å². The van der Waals surface area contributed by atoms with E-state index in [1.165, 1.54) is 0 Å². The van der Waals surface area contributed by atoms with E-state index < -0.39 is 0 Å². The third-order valence-electron chi connectivity index (χ3n) is 2.84. The lowest BCUT2D eigenvalue weighted by molar-refractivity contribution is 0.712. The Labute approximate surface area is 105 Å². The number of nitrogen functional groups attached to an aromatic ring is 2. The molecule has 2 heterocycles. The number of nitrogens with zero attached hydrogens (tertiary/aromatic N) is 4. The molecule has 0 amide bonds. The summed E-state index contributed by atoms with van der Waals surface area (Å²) in [5.41, 5.74) is 12.9. The molecule has 0 fully saturated rings. The minimum absolute atomic E-state index is 0.105. The average molecular weight is 247 g/mol. The van der Waals surface area contributed by atoms with Crippen LogP contribution in [-0.2, 0) is 0 Å². The second kappa shape index (κ2) is 4.59. The zero-order valence-corrected chi connectivity index (χ0v) is 10.7. The quantitative estimate of drug-likeness (QED) is 0.750. The fourth-order valence-electron chi connectivity index (χ4n) is 1.76. The maximum absolute atomic E-state index is 5.58. The third kappa shape index (κ3) is 2.24. The van der Waals surface area contributed by atoms with Crippen molar-refractivity contribution in [3.63, 3.8) is 0 Å². The van der Waals surface area contributed by atoms with Gasteiger partial charge >= 0.3 is 0 Å². The minimum atomic E-state index is 0.105. The third-order valence-corrected chi connectivity index (χ3v) is 2.84. The topological polar surface area (TPSA) is 119 Å². The molecule has 2 rings (SSSR count). The summed E-state index contributed by atoms with van der Waals surface area (Å²) in [6.45, 7) is 6.12. The van der Waals surface area contributed by atoms with Crippen molar-refractivity contribution in [3.8, 4) is 11.5 Å². The van der Waals surface area contributed by atoms with Gasteiger partial charge in [-0.2, -0.15) is 15.0 Å². The van der Waals surface area contributed by atoms with Crippen LogP contribution in [0.5, 0.6) is 0 Å². The molecule has 5 N–H and O–H groups in total. The molecule has 1 atom stereocenters. The highest BCUT2D eigenvalue weighted by molar-refractivity contribution is 5.56. The molecule has 0 spiro atoms. The van der Waals surface area contributed by atoms with E-state index in [0.29, 0.717) is 17.4 Å². The van der Waals surface area contributed by atoms with Gasteiger partial charge in [-0.3, -0.25) is 0 Å². The van der Waals surface area contributed by atoms with Crippen molar-refractivity contribution >= 4 is 11.9 Å². The standard InChI is InChI=1S/C11H17N7/c1-4-5(2)7-8(15-6(3)14-7)9-16-10(12)18-11(13)17-9/h5H,4H2,1-3H3,(H,14,15)(H4,12,13,16,17,18). The first kappa shape index (κ1) is 12.3. The van der Waals surface area contributed by atoms with Crippen LogP contribution in [-0.4, -0.2) is 24.9 Å². The maximum Gasteiger partial charge on any atom is 0.225 e. The molecule has 18 heavy (non-hydrogen) atoms. The van der Waals surface area contributed by atoms with Crippen LogP contribution in [0.4, 0.5) is 11.9 Å². The Hall–Kier alpha value is -2.18. The van der Waals surface area contributed by atoms with Crippen LogP contribution in [0.2, 0.25) is 0 Å². The van der Waals surface area contributed by atoms with E-state index in [1.807, 2.05) is 6.92 Å². The van der Waals surface area contributed by atoms with Gasteiger partial charge < -0.3 is 16.5 Å². The van der Waals surface area contributed by atoms with Gasteiger partial charge in [0, 0.05) is 5.69 Å². The van der Waals surface area contributed by atoms with Gasteiger partial charge in [-0.05, 0) is 19.3 Å². The highest BCUT2D eigenvalue weighted by Gasteiger charge is 2.18. The molecular weight excluding hydrogens is 230 g/mol. The molecule has 0 bridgehead atoms. The van der Waals surface area contributed by atoms with Crippen molar-refractivity contribution < 1.29 is 0 Å². The number of aryl methyl sites for hydroxylation is 1. The van der Waals surface area contributed by atoms with E-state index >= 15 is 0 Å². The zero-order chi connectivity index (χ0) is 13.3. The average Bonchev–Trinajstić information content (AvgIpc) is 2.69. The number of hydrogen-bond acceptors (Lipinski definition) is 6. The number of rotatable bonds is 3. The number of aromatic amines is 1. The molecule has 7 nitrogen and oxygen atoms in total. The maximum atomic E-state index is 5.58. The van der Waals surface area contributed by atoms with Gasteiger partial charge in [0.25, 0.3) is 0 Å². The summed E-state index contributed by atoms with van der Waals surface area (Å²) in [5, 5.41) is 0. The lowest BCUT2D eigenvalue weighted by Gasteiger charge is -2.08. The van der Waals surface area contributed by atoms with Gasteiger partial charge in [0.15, 0.2) is 5.82 Å². The smallest absolute Gasteiger partial charge is 0.225 e. The normalized spacial score (nSPS) is 12.6. The van der Waals surface area contributed by atoms with E-state index in [2.05, 4.69) is 38.8 Å². The predicted octanol–water partition coefficient (Wildman–Crippen LogP) is 1.25. The van der Waals surface area contributed by atoms with E-state index in [0.717, 1.165) is 17.9 Å². The number of nitrogens with one attached hydrogen (secondary N) is 1. The highest BCUT2D eigenvalue weighted by Crippen LogP contribution is 2.27. The Kier molecular flexibility index (Phi) is 3.14. The molecule has 0 saturated carbocycles. The number of hydrogen-bond donors (Lipinski definition) is 3. The van der Waals surface area contributed by atoms with Crippen molar-refractivity contribution in [1.82, 2.24) is 24.9 Å². The van der Waals surface area contributed by atoms with Crippen LogP contribution in [0, 0.1) is 6.92 Å². The van der Waals surface area contributed by atoms with Crippen LogP contribution >= 0.6 is 0 Å². The summed E-state index contributed by atoms with van der Waals surface area (Å²) in [6, 6.07) is 0. The van der Waals surface area contributed by atoms with Gasteiger partial charge in [-0.25, -0.2) is 4.98 Å². The summed E-state index contributed by atoms with van der Waals surface area (Å²) in [6.07, 6.45) is 0.991. The molecule has 0 aliphatic carbocycles. The van der Waals surface area contributed by atoms with E-state index in [9.17, 15) is 0 Å². The van der Waals surface area contributed by atoms with Crippen molar-refractivity contribution in [2.24, 2.45) is 0 Å². The summed E-state index contributed by atoms with van der Waals surface area (Å²) >= 11 is 0. The first-order valence-corrected chi connectivity index (χ1v) is 5.85. The first-order chi connectivity index (χ1) is 8.51. The molecule has 1 unspecified atom stereocenters. The Balaban J connectivity index is 2.56. The summed E-state index contributed by atoms with van der Waals surface area (Å²) in [7, 11) is 0. The Morgan fingerprint density at radius 1 is 1.11 bits per heavy atom. The molecule has 2 aromatic heterocycles. The fraction of sp³-hybridized carbons (Fsp3) is 0.455. The molecule has 0 aliphatic rings. The Morgan fingerprint density at radius 2 is 1.72 bits per heavy atom. The molecule has 0 aliphatic heterocycles. The van der Waals surface area contributed by atoms with Gasteiger partial charge in [-0.1, -0.05) is 13.8 Å². The second-order valence-electron chi connectivity index (χ2n) is 4.27. The van der Waals surface area contributed by atoms with Crippen molar-refractivity contribution in [2.45, 2.75) is 33.1 Å². The number of aromatic nitrogens is 5. The molecule has 0 saturated heterocycles. The fourth-order valence-corrected chi connectivity index (χ4v) is 1.76. The largest absolute Gasteiger partial charge is 0.368 e. The minimum Gasteiger partial charge on any atom is -0.368 e. The highest BCUT2D eigenvalue weighted by atomic mass is 15.2. The predicted molar refractivity (Wildman–Crippen MR) is 69.7 cm³/mol. The van der Waals surface area contributed by atoms with E-state index in [1.54, 1.807) is 0 Å². The molecule has 7 heteroatoms. The molecule has 0 aromatic carbocycles. The van der Waals surface area contributed by atoms with Crippen LogP contribution in [0.3, 0.4) is 0 Å². The SMILES string of the molecule is CCC(C)c1[nH]c(C)nc1-c1nc(N)nc(N)n1. The van der Waals surface area contributed by atoms with Gasteiger partial charge in [0.2, 0.25) is 11.9 Å². The summed E-state index contributed by atoms with van der Waals surface area (Å²) in [5.74, 6) is 1.78. The monoisotopic (exact) mass is 247 g/mol. The Bertz CT molecular complexity index is 540. The van der Waals surface area contributed by atoms with Gasteiger partial charge in [0.1, 0.15) is 11.5 Å². The van der Waals surface area contributed by atoms with Crippen molar-refractivity contribution in [1.29, 1.82) is 0 Å².